The molecule has 4 heteroatoms. The summed E-state index contributed by atoms with van der Waals surface area (Å²) in [6.07, 6.45) is 5.99. The van der Waals surface area contributed by atoms with Gasteiger partial charge in [-0.1, -0.05) is 136 Å². The van der Waals surface area contributed by atoms with Gasteiger partial charge in [-0.05, 0) is 118 Å². The highest BCUT2D eigenvalue weighted by Gasteiger charge is 2.35. The summed E-state index contributed by atoms with van der Waals surface area (Å²) < 4.78 is 13.8. The Hall–Kier alpha value is -6.72. The number of para-hydroxylation sites is 1. The molecule has 1 aliphatic heterocycles. The molecular formula is C55H46N2O2. The number of ether oxygens (including phenoxy) is 2. The molecule has 0 spiro atoms. The topological polar surface area (TPSA) is 26.6 Å². The Kier molecular flexibility index (Phi) is 9.24. The monoisotopic (exact) mass is 766 g/mol. The van der Waals surface area contributed by atoms with Gasteiger partial charge >= 0.3 is 0 Å². The van der Waals surface area contributed by atoms with Gasteiger partial charge < -0.3 is 18.9 Å². The van der Waals surface area contributed by atoms with Crippen LogP contribution in [0.5, 0.6) is 0 Å². The van der Waals surface area contributed by atoms with Gasteiger partial charge in [0.2, 0.25) is 0 Å². The number of aromatic nitrogens is 1. The van der Waals surface area contributed by atoms with E-state index >= 15 is 0 Å². The maximum atomic E-state index is 5.72. The van der Waals surface area contributed by atoms with Crippen LogP contribution in [0.25, 0.3) is 62.1 Å². The molecule has 288 valence electrons. The van der Waals surface area contributed by atoms with E-state index in [1.54, 1.807) is 0 Å². The molecule has 0 unspecified atom stereocenters. The van der Waals surface area contributed by atoms with E-state index in [0.29, 0.717) is 13.2 Å². The van der Waals surface area contributed by atoms with Gasteiger partial charge in [-0.25, -0.2) is 0 Å². The summed E-state index contributed by atoms with van der Waals surface area (Å²) in [7, 11) is 0. The number of fused-ring (bicyclic) bond motifs is 4. The fourth-order valence-corrected chi connectivity index (χ4v) is 9.18. The highest BCUT2D eigenvalue weighted by molar-refractivity contribution is 5.98. The lowest BCUT2D eigenvalue weighted by Crippen LogP contribution is -2.16. The number of rotatable bonds is 9. The summed E-state index contributed by atoms with van der Waals surface area (Å²) in [6.45, 7) is 12.2. The average Bonchev–Trinajstić information content (AvgIpc) is 3.99. The van der Waals surface area contributed by atoms with Gasteiger partial charge in [0.15, 0.2) is 6.29 Å². The van der Waals surface area contributed by atoms with Crippen LogP contribution < -0.4 is 4.90 Å². The Balaban J connectivity index is 1.04. The van der Waals surface area contributed by atoms with Crippen molar-refractivity contribution < 1.29 is 9.47 Å². The number of allylic oxidation sites excluding steroid dienone is 1. The van der Waals surface area contributed by atoms with Crippen molar-refractivity contribution in [1.82, 2.24) is 4.57 Å². The minimum absolute atomic E-state index is 0.114. The normalized spacial score (nSPS) is 14.5. The molecule has 10 rings (SSSR count). The van der Waals surface area contributed by atoms with Crippen LogP contribution in [0.15, 0.2) is 176 Å². The Morgan fingerprint density at radius 1 is 0.610 bits per heavy atom. The van der Waals surface area contributed by atoms with Crippen LogP contribution >= 0.6 is 0 Å². The zero-order valence-corrected chi connectivity index (χ0v) is 33.7. The SMILES string of the molecule is C=Cc1c(/C=C\C)c2cc(-c3ccc(N(c4ccc(-c5ccc(C6OCCO6)cc5)cc4)c4ccc5c(c4)C(C)(C)c4ccccc4-5)cc3)ccc2n1-c1ccccc1. The molecule has 1 aromatic heterocycles. The van der Waals surface area contributed by atoms with Crippen molar-refractivity contribution in [3.8, 4) is 39.1 Å². The number of hydrogen-bond donors (Lipinski definition) is 0. The second-order valence-electron chi connectivity index (χ2n) is 15.9. The van der Waals surface area contributed by atoms with Crippen molar-refractivity contribution in [2.45, 2.75) is 32.5 Å². The summed E-state index contributed by atoms with van der Waals surface area (Å²) in [6, 6.07) is 59.6. The summed E-state index contributed by atoms with van der Waals surface area (Å²) >= 11 is 0. The third-order valence-corrected chi connectivity index (χ3v) is 12.1. The summed E-state index contributed by atoms with van der Waals surface area (Å²) in [5.41, 5.74) is 18.8. The smallest absolute Gasteiger partial charge is 0.184 e. The second-order valence-corrected chi connectivity index (χ2v) is 15.9. The number of benzene rings is 7. The van der Waals surface area contributed by atoms with Gasteiger partial charge in [0.25, 0.3) is 0 Å². The fraction of sp³-hybridized carbons (Fsp3) is 0.127. The van der Waals surface area contributed by atoms with Gasteiger partial charge in [-0.3, -0.25) is 0 Å². The molecule has 8 aromatic rings. The Labute approximate surface area is 346 Å². The lowest BCUT2D eigenvalue weighted by atomic mass is 9.82. The molecule has 4 nitrogen and oxygen atoms in total. The van der Waals surface area contributed by atoms with Gasteiger partial charge in [0, 0.05) is 44.7 Å². The van der Waals surface area contributed by atoms with E-state index in [2.05, 4.69) is 213 Å². The molecular weight excluding hydrogens is 721 g/mol. The molecule has 1 saturated heterocycles. The lowest BCUT2D eigenvalue weighted by Gasteiger charge is -2.28. The number of hydrogen-bond acceptors (Lipinski definition) is 3. The molecule has 0 amide bonds. The molecule has 1 aliphatic carbocycles. The molecule has 0 bridgehead atoms. The lowest BCUT2D eigenvalue weighted by molar-refractivity contribution is -0.0441. The van der Waals surface area contributed by atoms with Crippen LogP contribution in [0.3, 0.4) is 0 Å². The molecule has 0 saturated carbocycles. The predicted molar refractivity (Wildman–Crippen MR) is 246 cm³/mol. The third kappa shape index (κ3) is 6.33. The zero-order chi connectivity index (χ0) is 40.1. The average molecular weight is 767 g/mol. The van der Waals surface area contributed by atoms with Gasteiger partial charge in [0.1, 0.15) is 0 Å². The first-order valence-corrected chi connectivity index (χ1v) is 20.5. The highest BCUT2D eigenvalue weighted by atomic mass is 16.7. The van der Waals surface area contributed by atoms with Crippen LogP contribution in [0.2, 0.25) is 0 Å². The van der Waals surface area contributed by atoms with E-state index < -0.39 is 0 Å². The van der Waals surface area contributed by atoms with E-state index in [4.69, 9.17) is 9.47 Å². The largest absolute Gasteiger partial charge is 0.346 e. The van der Waals surface area contributed by atoms with Crippen molar-refractivity contribution in [2.75, 3.05) is 18.1 Å². The first-order chi connectivity index (χ1) is 28.9. The van der Waals surface area contributed by atoms with E-state index in [0.717, 1.165) is 56.2 Å². The fourth-order valence-electron chi connectivity index (χ4n) is 9.18. The third-order valence-electron chi connectivity index (χ3n) is 12.1. The van der Waals surface area contributed by atoms with Gasteiger partial charge in [-0.2, -0.15) is 0 Å². The Bertz CT molecular complexity index is 2860. The van der Waals surface area contributed by atoms with E-state index in [1.165, 1.54) is 38.8 Å². The summed E-state index contributed by atoms with van der Waals surface area (Å²) in [5.74, 6) is 0. The van der Waals surface area contributed by atoms with Crippen LogP contribution in [0.1, 0.15) is 55.0 Å². The molecule has 1 fully saturated rings. The zero-order valence-electron chi connectivity index (χ0n) is 33.7. The molecule has 7 aromatic carbocycles. The molecule has 2 heterocycles. The molecule has 0 atom stereocenters. The highest BCUT2D eigenvalue weighted by Crippen LogP contribution is 2.51. The minimum atomic E-state index is -0.276. The molecule has 2 aliphatic rings. The van der Waals surface area contributed by atoms with E-state index in [-0.39, 0.29) is 11.7 Å². The van der Waals surface area contributed by atoms with Crippen molar-refractivity contribution in [3.63, 3.8) is 0 Å². The first kappa shape index (κ1) is 36.6. The van der Waals surface area contributed by atoms with Gasteiger partial charge in [0.05, 0.1) is 24.4 Å². The van der Waals surface area contributed by atoms with E-state index in [1.807, 2.05) is 6.08 Å². The van der Waals surface area contributed by atoms with Crippen LogP contribution in [0, 0.1) is 0 Å². The Morgan fingerprint density at radius 2 is 1.19 bits per heavy atom. The summed E-state index contributed by atoms with van der Waals surface area (Å²) in [4.78, 5) is 2.38. The number of anilines is 3. The molecule has 0 N–H and O–H groups in total. The molecule has 0 radical (unpaired) electrons. The molecule has 59 heavy (non-hydrogen) atoms. The van der Waals surface area contributed by atoms with E-state index in [9.17, 15) is 0 Å². The minimum Gasteiger partial charge on any atom is -0.346 e. The maximum absolute atomic E-state index is 5.72. The Morgan fingerprint density at radius 3 is 1.85 bits per heavy atom. The van der Waals surface area contributed by atoms with Crippen LogP contribution in [-0.4, -0.2) is 17.8 Å². The van der Waals surface area contributed by atoms with Crippen molar-refractivity contribution in [3.05, 3.63) is 204 Å². The van der Waals surface area contributed by atoms with Crippen molar-refractivity contribution in [2.24, 2.45) is 0 Å². The predicted octanol–water partition coefficient (Wildman–Crippen LogP) is 14.5. The second kappa shape index (κ2) is 14.9. The van der Waals surface area contributed by atoms with Crippen molar-refractivity contribution >= 4 is 40.1 Å². The summed E-state index contributed by atoms with van der Waals surface area (Å²) in [5, 5.41) is 1.20. The quantitative estimate of drug-likeness (QED) is 0.146. The first-order valence-electron chi connectivity index (χ1n) is 20.5. The van der Waals surface area contributed by atoms with Crippen LogP contribution in [-0.2, 0) is 14.9 Å². The van der Waals surface area contributed by atoms with Crippen molar-refractivity contribution in [1.29, 1.82) is 0 Å². The number of nitrogens with zero attached hydrogens (tertiary/aromatic N) is 2. The van der Waals surface area contributed by atoms with Gasteiger partial charge in [-0.15, -0.1) is 0 Å². The standard InChI is InChI=1S/C55H46N2O2/c1-5-12-48-49-35-41(25-32-53(49)57(52(48)6-2)42-13-8-7-9-14-42)39-23-28-44(29-24-39)56(45-30-31-47-46-15-10-11-16-50(46)55(3,4)51(47)36-45)43-26-21-38(22-27-43)37-17-19-40(20-18-37)54-58-33-34-59-54/h5-32,35-36,54H,2,33-34H2,1,3-4H3/b12-5-. The van der Waals surface area contributed by atoms with Crippen LogP contribution in [0.4, 0.5) is 17.1 Å². The maximum Gasteiger partial charge on any atom is 0.184 e.